The van der Waals surface area contributed by atoms with Crippen molar-refractivity contribution in [2.45, 2.75) is 37.2 Å². The van der Waals surface area contributed by atoms with E-state index >= 15 is 0 Å². The molecule has 1 atom stereocenters. The number of nitrogens with zero attached hydrogens (tertiary/aromatic N) is 3. The van der Waals surface area contributed by atoms with E-state index in [1.54, 1.807) is 38.3 Å². The molecular formula is C23H25ClN4O3S. The maximum Gasteiger partial charge on any atom is 0.237 e. The molecule has 0 aliphatic carbocycles. The summed E-state index contributed by atoms with van der Waals surface area (Å²) in [6.45, 7) is 4.51. The Bertz CT molecular complexity index is 1100. The third kappa shape index (κ3) is 5.97. The summed E-state index contributed by atoms with van der Waals surface area (Å²) < 4.78 is 7.15. The fraction of sp³-hybridized carbons (Fsp3) is 0.304. The van der Waals surface area contributed by atoms with E-state index in [-0.39, 0.29) is 11.7 Å². The van der Waals surface area contributed by atoms with Gasteiger partial charge in [-0.1, -0.05) is 47.6 Å². The Balaban J connectivity index is 1.79. The Morgan fingerprint density at radius 1 is 1.19 bits per heavy atom. The molecule has 1 aromatic heterocycles. The van der Waals surface area contributed by atoms with E-state index in [0.29, 0.717) is 40.4 Å². The highest BCUT2D eigenvalue weighted by Crippen LogP contribution is 2.31. The average Bonchev–Trinajstić information content (AvgIpc) is 3.16. The number of benzene rings is 2. The summed E-state index contributed by atoms with van der Waals surface area (Å²) in [6.07, 6.45) is 0.762. The zero-order valence-corrected chi connectivity index (χ0v) is 19.7. The second kappa shape index (κ2) is 11.3. The number of ether oxygens (including phenoxy) is 1. The van der Waals surface area contributed by atoms with Crippen molar-refractivity contribution in [3.8, 4) is 11.4 Å². The zero-order chi connectivity index (χ0) is 23.1. The first-order valence-corrected chi connectivity index (χ1v) is 11.4. The van der Waals surface area contributed by atoms with Gasteiger partial charge in [0.05, 0.1) is 10.3 Å². The van der Waals surface area contributed by atoms with Gasteiger partial charge in [-0.25, -0.2) is 0 Å². The van der Waals surface area contributed by atoms with Crippen LogP contribution >= 0.6 is 23.4 Å². The molecule has 0 aliphatic rings. The van der Waals surface area contributed by atoms with Gasteiger partial charge in [-0.3, -0.25) is 9.59 Å². The summed E-state index contributed by atoms with van der Waals surface area (Å²) in [5, 5.41) is 12.3. The number of methoxy groups -OCH3 is 1. The Morgan fingerprint density at radius 3 is 2.69 bits per heavy atom. The standard InChI is InChI=1S/C23H25ClN4O3S/c1-15(29)17-8-6-9-18(14-17)25-22(30)16(2)32-23-27-26-21(28(23)12-7-13-31-3)19-10-4-5-11-20(19)24/h4-6,8-11,14,16H,7,12-13H2,1-3H3,(H,25,30). The van der Waals surface area contributed by atoms with Crippen molar-refractivity contribution >= 4 is 40.7 Å². The van der Waals surface area contributed by atoms with Crippen LogP contribution in [-0.4, -0.2) is 45.4 Å². The van der Waals surface area contributed by atoms with E-state index in [1.807, 2.05) is 28.8 Å². The molecule has 9 heteroatoms. The maximum absolute atomic E-state index is 12.8. The molecule has 3 aromatic rings. The van der Waals surface area contributed by atoms with Crippen LogP contribution in [0.25, 0.3) is 11.4 Å². The number of nitrogens with one attached hydrogen (secondary N) is 1. The van der Waals surface area contributed by atoms with Gasteiger partial charge in [-0.15, -0.1) is 10.2 Å². The molecule has 1 heterocycles. The number of ketones is 1. The molecule has 0 fully saturated rings. The zero-order valence-electron chi connectivity index (χ0n) is 18.2. The highest BCUT2D eigenvalue weighted by Gasteiger charge is 2.22. The average molecular weight is 473 g/mol. The van der Waals surface area contributed by atoms with Gasteiger partial charge >= 0.3 is 0 Å². The molecule has 0 bridgehead atoms. The Hall–Kier alpha value is -2.68. The summed E-state index contributed by atoms with van der Waals surface area (Å²) >= 11 is 7.70. The molecular weight excluding hydrogens is 448 g/mol. The van der Waals surface area contributed by atoms with Gasteiger partial charge in [0.25, 0.3) is 0 Å². The smallest absolute Gasteiger partial charge is 0.237 e. The number of aromatic nitrogens is 3. The molecule has 1 amide bonds. The topological polar surface area (TPSA) is 86.1 Å². The summed E-state index contributed by atoms with van der Waals surface area (Å²) in [6, 6.07) is 14.3. The van der Waals surface area contributed by atoms with Crippen molar-refractivity contribution in [3.63, 3.8) is 0 Å². The molecule has 7 nitrogen and oxygen atoms in total. The predicted molar refractivity (Wildman–Crippen MR) is 127 cm³/mol. The Morgan fingerprint density at radius 2 is 1.97 bits per heavy atom. The number of thioether (sulfide) groups is 1. The lowest BCUT2D eigenvalue weighted by molar-refractivity contribution is -0.115. The third-order valence-corrected chi connectivity index (χ3v) is 6.16. The van der Waals surface area contributed by atoms with E-state index < -0.39 is 5.25 Å². The first-order chi connectivity index (χ1) is 15.4. The molecule has 1 N–H and O–H groups in total. The van der Waals surface area contributed by atoms with Crippen molar-refractivity contribution in [1.29, 1.82) is 0 Å². The van der Waals surface area contributed by atoms with E-state index in [4.69, 9.17) is 16.3 Å². The summed E-state index contributed by atoms with van der Waals surface area (Å²) in [5.74, 6) is 0.400. The van der Waals surface area contributed by atoms with Crippen LogP contribution in [0.3, 0.4) is 0 Å². The number of carbonyl (C=O) groups is 2. The van der Waals surface area contributed by atoms with Crippen LogP contribution in [0.2, 0.25) is 5.02 Å². The largest absolute Gasteiger partial charge is 0.385 e. The third-order valence-electron chi connectivity index (χ3n) is 4.75. The van der Waals surface area contributed by atoms with Gasteiger partial charge in [-0.05, 0) is 44.5 Å². The van der Waals surface area contributed by atoms with Crippen molar-refractivity contribution < 1.29 is 14.3 Å². The Kier molecular flexibility index (Phi) is 8.44. The molecule has 0 saturated heterocycles. The SMILES string of the molecule is COCCCn1c(SC(C)C(=O)Nc2cccc(C(C)=O)c2)nnc1-c1ccccc1Cl. The van der Waals surface area contributed by atoms with E-state index in [2.05, 4.69) is 15.5 Å². The van der Waals surface area contributed by atoms with Crippen LogP contribution in [0.5, 0.6) is 0 Å². The number of carbonyl (C=O) groups excluding carboxylic acids is 2. The molecule has 0 saturated carbocycles. The van der Waals surface area contributed by atoms with E-state index in [9.17, 15) is 9.59 Å². The highest BCUT2D eigenvalue weighted by molar-refractivity contribution is 8.00. The molecule has 2 aromatic carbocycles. The number of hydrogen-bond donors (Lipinski definition) is 1. The van der Waals surface area contributed by atoms with Gasteiger partial charge in [0.15, 0.2) is 16.8 Å². The number of Topliss-reactive ketones (excluding diaryl/α,β-unsaturated/α-hetero) is 1. The van der Waals surface area contributed by atoms with Crippen LogP contribution < -0.4 is 5.32 Å². The van der Waals surface area contributed by atoms with Crippen molar-refractivity contribution in [1.82, 2.24) is 14.8 Å². The van der Waals surface area contributed by atoms with E-state index in [0.717, 1.165) is 12.0 Å². The lowest BCUT2D eigenvalue weighted by Gasteiger charge is -2.14. The molecule has 0 aliphatic heterocycles. The van der Waals surface area contributed by atoms with Crippen LogP contribution in [0.15, 0.2) is 53.7 Å². The number of amides is 1. The second-order valence-corrected chi connectivity index (χ2v) is 8.89. The first-order valence-electron chi connectivity index (χ1n) is 10.2. The fourth-order valence-electron chi connectivity index (χ4n) is 3.06. The summed E-state index contributed by atoms with van der Waals surface area (Å²) in [7, 11) is 1.66. The van der Waals surface area contributed by atoms with Crippen LogP contribution in [0, 0.1) is 0 Å². The highest BCUT2D eigenvalue weighted by atomic mass is 35.5. The quantitative estimate of drug-likeness (QED) is 0.255. The summed E-state index contributed by atoms with van der Waals surface area (Å²) in [5.41, 5.74) is 1.91. The molecule has 0 spiro atoms. The van der Waals surface area contributed by atoms with Gasteiger partial charge < -0.3 is 14.6 Å². The second-order valence-electron chi connectivity index (χ2n) is 7.17. The summed E-state index contributed by atoms with van der Waals surface area (Å²) in [4.78, 5) is 24.4. The lowest BCUT2D eigenvalue weighted by Crippen LogP contribution is -2.23. The number of anilines is 1. The van der Waals surface area contributed by atoms with Gasteiger partial charge in [0.2, 0.25) is 5.91 Å². The van der Waals surface area contributed by atoms with Crippen LogP contribution in [-0.2, 0) is 16.1 Å². The Labute approximate surface area is 196 Å². The van der Waals surface area contributed by atoms with Crippen molar-refractivity contribution in [3.05, 3.63) is 59.1 Å². The van der Waals surface area contributed by atoms with Crippen molar-refractivity contribution in [2.24, 2.45) is 0 Å². The minimum Gasteiger partial charge on any atom is -0.385 e. The van der Waals surface area contributed by atoms with Crippen LogP contribution in [0.4, 0.5) is 5.69 Å². The normalized spacial score (nSPS) is 11.9. The van der Waals surface area contributed by atoms with Crippen LogP contribution in [0.1, 0.15) is 30.6 Å². The molecule has 3 rings (SSSR count). The molecule has 168 valence electrons. The van der Waals surface area contributed by atoms with Crippen molar-refractivity contribution in [2.75, 3.05) is 19.0 Å². The minimum absolute atomic E-state index is 0.0558. The number of halogens is 1. The molecule has 1 unspecified atom stereocenters. The first kappa shape index (κ1) is 24.0. The maximum atomic E-state index is 12.8. The molecule has 0 radical (unpaired) electrons. The predicted octanol–water partition coefficient (Wildman–Crippen LogP) is 4.96. The fourth-order valence-corrected chi connectivity index (χ4v) is 4.15. The van der Waals surface area contributed by atoms with Gasteiger partial charge in [0.1, 0.15) is 0 Å². The monoisotopic (exact) mass is 472 g/mol. The number of hydrogen-bond acceptors (Lipinski definition) is 6. The lowest BCUT2D eigenvalue weighted by atomic mass is 10.1. The number of rotatable bonds is 10. The molecule has 32 heavy (non-hydrogen) atoms. The van der Waals surface area contributed by atoms with E-state index in [1.165, 1.54) is 18.7 Å². The van der Waals surface area contributed by atoms with Gasteiger partial charge in [0, 0.05) is 37.1 Å². The van der Waals surface area contributed by atoms with Gasteiger partial charge in [-0.2, -0.15) is 0 Å². The minimum atomic E-state index is -0.444.